The van der Waals surface area contributed by atoms with Gasteiger partial charge in [-0.3, -0.25) is 0 Å². The second-order valence-electron chi connectivity index (χ2n) is 3.97. The number of ether oxygens (including phenoxy) is 1. The Morgan fingerprint density at radius 2 is 2.17 bits per heavy atom. The molecule has 5 heteroatoms. The van der Waals surface area contributed by atoms with Crippen molar-refractivity contribution in [3.8, 4) is 0 Å². The number of benzene rings is 1. The molecule has 3 nitrogen and oxygen atoms in total. The minimum atomic E-state index is -0.984. The van der Waals surface area contributed by atoms with Gasteiger partial charge in [0.1, 0.15) is 0 Å². The van der Waals surface area contributed by atoms with Gasteiger partial charge in [-0.2, -0.15) is 0 Å². The summed E-state index contributed by atoms with van der Waals surface area (Å²) in [5.41, 5.74) is 0.688. The van der Waals surface area contributed by atoms with Crippen molar-refractivity contribution in [2.45, 2.75) is 32.3 Å². The molecule has 1 N–H and O–H groups in total. The molecule has 1 aromatic carbocycles. The van der Waals surface area contributed by atoms with Crippen LogP contribution in [0.25, 0.3) is 0 Å². The summed E-state index contributed by atoms with van der Waals surface area (Å²) in [4.78, 5) is 11.1. The largest absolute Gasteiger partial charge is 0.479 e. The van der Waals surface area contributed by atoms with E-state index in [-0.39, 0.29) is 6.42 Å². The van der Waals surface area contributed by atoms with E-state index in [1.54, 1.807) is 18.2 Å². The van der Waals surface area contributed by atoms with Crippen LogP contribution in [0.2, 0.25) is 10.0 Å². The van der Waals surface area contributed by atoms with Gasteiger partial charge in [-0.25, -0.2) is 4.79 Å². The van der Waals surface area contributed by atoms with E-state index in [1.165, 1.54) is 0 Å². The molecule has 0 saturated carbocycles. The smallest absolute Gasteiger partial charge is 0.333 e. The first-order valence-corrected chi connectivity index (χ1v) is 6.59. The summed E-state index contributed by atoms with van der Waals surface area (Å²) >= 11 is 11.9. The van der Waals surface area contributed by atoms with Crippen molar-refractivity contribution in [3.05, 3.63) is 33.8 Å². The Balaban J connectivity index is 2.71. The second kappa shape index (κ2) is 7.62. The predicted octanol–water partition coefficient (Wildman–Crippen LogP) is 3.81. The van der Waals surface area contributed by atoms with Crippen LogP contribution in [0.1, 0.15) is 25.3 Å². The molecule has 0 aliphatic carbocycles. The standard InChI is InChI=1S/C13H16Cl2O3/c1-2-3-7-18-11(13(16)17)8-9-5-4-6-10(14)12(9)15/h4-6,11H,2-3,7-8H2,1H3,(H,16,17)/t11-/m1/s1. The molecule has 0 aliphatic rings. The summed E-state index contributed by atoms with van der Waals surface area (Å²) in [7, 11) is 0. The van der Waals surface area contributed by atoms with Gasteiger partial charge in [0.2, 0.25) is 0 Å². The van der Waals surface area contributed by atoms with Gasteiger partial charge in [-0.15, -0.1) is 0 Å². The number of carboxylic acid groups (broad SMARTS) is 1. The van der Waals surface area contributed by atoms with Crippen LogP contribution >= 0.6 is 23.2 Å². The minimum Gasteiger partial charge on any atom is -0.479 e. The van der Waals surface area contributed by atoms with Crippen molar-refractivity contribution in [1.82, 2.24) is 0 Å². The first-order valence-electron chi connectivity index (χ1n) is 5.83. The lowest BCUT2D eigenvalue weighted by Crippen LogP contribution is -2.27. The van der Waals surface area contributed by atoms with E-state index in [0.29, 0.717) is 22.2 Å². The summed E-state index contributed by atoms with van der Waals surface area (Å²) in [5, 5.41) is 9.91. The molecule has 0 aromatic heterocycles. The Kier molecular flexibility index (Phi) is 6.47. The van der Waals surface area contributed by atoms with Gasteiger partial charge in [0.15, 0.2) is 6.10 Å². The van der Waals surface area contributed by atoms with Crippen LogP contribution in [-0.2, 0) is 16.0 Å². The Labute approximate surface area is 117 Å². The van der Waals surface area contributed by atoms with Gasteiger partial charge < -0.3 is 9.84 Å². The number of hydrogen-bond donors (Lipinski definition) is 1. The van der Waals surface area contributed by atoms with E-state index in [1.807, 2.05) is 6.92 Å². The highest BCUT2D eigenvalue weighted by atomic mass is 35.5. The number of aliphatic carboxylic acids is 1. The number of carboxylic acids is 1. The van der Waals surface area contributed by atoms with Gasteiger partial charge >= 0.3 is 5.97 Å². The first-order chi connectivity index (χ1) is 8.56. The maximum absolute atomic E-state index is 11.1. The molecule has 0 aliphatic heterocycles. The quantitative estimate of drug-likeness (QED) is 0.777. The molecule has 0 saturated heterocycles. The normalized spacial score (nSPS) is 12.4. The van der Waals surface area contributed by atoms with E-state index in [0.717, 1.165) is 12.8 Å². The van der Waals surface area contributed by atoms with Crippen molar-refractivity contribution in [1.29, 1.82) is 0 Å². The number of rotatable bonds is 7. The van der Waals surface area contributed by atoms with Gasteiger partial charge in [-0.05, 0) is 18.1 Å². The monoisotopic (exact) mass is 290 g/mol. The molecule has 1 atom stereocenters. The van der Waals surface area contributed by atoms with Crippen molar-refractivity contribution >= 4 is 29.2 Å². The van der Waals surface area contributed by atoms with Gasteiger partial charge in [-0.1, -0.05) is 48.7 Å². The average molecular weight is 291 g/mol. The SMILES string of the molecule is CCCCO[C@H](Cc1cccc(Cl)c1Cl)C(=O)O. The van der Waals surface area contributed by atoms with Crippen LogP contribution < -0.4 is 0 Å². The Hall–Kier alpha value is -0.770. The fourth-order valence-electron chi connectivity index (χ4n) is 1.49. The molecule has 1 rings (SSSR count). The lowest BCUT2D eigenvalue weighted by Gasteiger charge is -2.14. The van der Waals surface area contributed by atoms with E-state index in [2.05, 4.69) is 0 Å². The summed E-state index contributed by atoms with van der Waals surface area (Å²) in [6.07, 6.45) is 1.14. The predicted molar refractivity (Wildman–Crippen MR) is 72.4 cm³/mol. The lowest BCUT2D eigenvalue weighted by molar-refractivity contribution is -0.150. The van der Waals surface area contributed by atoms with Crippen LogP contribution in [0, 0.1) is 0 Å². The molecule has 0 amide bonds. The first kappa shape index (κ1) is 15.3. The third kappa shape index (κ3) is 4.48. The lowest BCUT2D eigenvalue weighted by atomic mass is 10.1. The summed E-state index contributed by atoms with van der Waals surface area (Å²) in [6, 6.07) is 5.17. The van der Waals surface area contributed by atoms with E-state index >= 15 is 0 Å². The zero-order valence-electron chi connectivity index (χ0n) is 10.2. The highest BCUT2D eigenvalue weighted by Crippen LogP contribution is 2.26. The van der Waals surface area contributed by atoms with Crippen molar-refractivity contribution in [2.75, 3.05) is 6.61 Å². The van der Waals surface area contributed by atoms with E-state index in [9.17, 15) is 4.79 Å². The average Bonchev–Trinajstić information content (AvgIpc) is 2.33. The third-order valence-electron chi connectivity index (χ3n) is 2.53. The molecule has 0 spiro atoms. The summed E-state index contributed by atoms with van der Waals surface area (Å²) in [6.45, 7) is 2.46. The Morgan fingerprint density at radius 1 is 1.44 bits per heavy atom. The Bertz CT molecular complexity index is 407. The minimum absolute atomic E-state index is 0.221. The maximum Gasteiger partial charge on any atom is 0.333 e. The van der Waals surface area contributed by atoms with Gasteiger partial charge in [0, 0.05) is 13.0 Å². The van der Waals surface area contributed by atoms with Crippen molar-refractivity contribution in [2.24, 2.45) is 0 Å². The second-order valence-corrected chi connectivity index (χ2v) is 4.75. The van der Waals surface area contributed by atoms with E-state index in [4.69, 9.17) is 33.0 Å². The van der Waals surface area contributed by atoms with Gasteiger partial charge in [0.25, 0.3) is 0 Å². The number of carbonyl (C=O) groups is 1. The fourth-order valence-corrected chi connectivity index (χ4v) is 1.89. The third-order valence-corrected chi connectivity index (χ3v) is 3.39. The molecule has 1 aromatic rings. The zero-order chi connectivity index (χ0) is 13.5. The van der Waals surface area contributed by atoms with Crippen LogP contribution in [-0.4, -0.2) is 23.8 Å². The summed E-state index contributed by atoms with van der Waals surface area (Å²) < 4.78 is 5.34. The van der Waals surface area contributed by atoms with Crippen LogP contribution in [0.4, 0.5) is 0 Å². The molecule has 0 unspecified atom stereocenters. The van der Waals surface area contributed by atoms with Crippen LogP contribution in [0.5, 0.6) is 0 Å². The summed E-state index contributed by atoms with van der Waals surface area (Å²) in [5.74, 6) is -0.984. The van der Waals surface area contributed by atoms with Gasteiger partial charge in [0.05, 0.1) is 10.0 Å². The Morgan fingerprint density at radius 3 is 2.78 bits per heavy atom. The van der Waals surface area contributed by atoms with E-state index < -0.39 is 12.1 Å². The molecule has 0 fully saturated rings. The van der Waals surface area contributed by atoms with Crippen molar-refractivity contribution < 1.29 is 14.6 Å². The zero-order valence-corrected chi connectivity index (χ0v) is 11.7. The topological polar surface area (TPSA) is 46.5 Å². The molecule has 0 radical (unpaired) electrons. The molecule has 0 bridgehead atoms. The van der Waals surface area contributed by atoms with Crippen LogP contribution in [0.15, 0.2) is 18.2 Å². The highest BCUT2D eigenvalue weighted by molar-refractivity contribution is 6.42. The molecule has 18 heavy (non-hydrogen) atoms. The molecule has 0 heterocycles. The molecular formula is C13H16Cl2O3. The van der Waals surface area contributed by atoms with Crippen molar-refractivity contribution in [3.63, 3.8) is 0 Å². The molecular weight excluding hydrogens is 275 g/mol. The highest BCUT2D eigenvalue weighted by Gasteiger charge is 2.20. The molecule has 100 valence electrons. The number of unbranched alkanes of at least 4 members (excludes halogenated alkanes) is 1. The fraction of sp³-hybridized carbons (Fsp3) is 0.462. The number of hydrogen-bond acceptors (Lipinski definition) is 2. The maximum atomic E-state index is 11.1. The number of halogens is 2. The van der Waals surface area contributed by atoms with Crippen LogP contribution in [0.3, 0.4) is 0 Å².